The molecule has 1 aromatic carbocycles. The summed E-state index contributed by atoms with van der Waals surface area (Å²) in [5, 5.41) is 3.75. The molecule has 0 N–H and O–H groups in total. The highest BCUT2D eigenvalue weighted by Gasteiger charge is 2.16. The van der Waals surface area contributed by atoms with Gasteiger partial charge in [0.1, 0.15) is 24.4 Å². The van der Waals surface area contributed by atoms with Crippen molar-refractivity contribution in [3.8, 4) is 11.4 Å². The minimum atomic E-state index is -0.837. The smallest absolute Gasteiger partial charge is 0.354 e. The summed E-state index contributed by atoms with van der Waals surface area (Å²) in [4.78, 5) is 23.9. The van der Waals surface area contributed by atoms with Crippen LogP contribution in [0.15, 0.2) is 27.9 Å². The van der Waals surface area contributed by atoms with E-state index in [0.717, 1.165) is 21.5 Å². The van der Waals surface area contributed by atoms with Crippen molar-refractivity contribution in [3.05, 3.63) is 50.0 Å². The molecule has 0 aliphatic carbocycles. The van der Waals surface area contributed by atoms with Gasteiger partial charge in [-0.15, -0.1) is 0 Å². The van der Waals surface area contributed by atoms with E-state index in [1.165, 1.54) is 13.2 Å². The van der Waals surface area contributed by atoms with Crippen molar-refractivity contribution in [1.29, 1.82) is 0 Å². The van der Waals surface area contributed by atoms with E-state index in [0.29, 0.717) is 0 Å². The molecule has 0 amide bonds. The van der Waals surface area contributed by atoms with Gasteiger partial charge in [-0.1, -0.05) is 11.6 Å². The number of ether oxygens (including phenoxy) is 2. The third-order valence-electron chi connectivity index (χ3n) is 2.81. The van der Waals surface area contributed by atoms with Crippen molar-refractivity contribution >= 4 is 11.6 Å². The summed E-state index contributed by atoms with van der Waals surface area (Å²) in [5.41, 5.74) is -1.67. The van der Waals surface area contributed by atoms with Crippen molar-refractivity contribution in [2.24, 2.45) is 0 Å². The van der Waals surface area contributed by atoms with Gasteiger partial charge in [0.25, 0.3) is 5.56 Å². The zero-order valence-electron chi connectivity index (χ0n) is 12.7. The fraction of sp³-hybridized carbons (Fsp3) is 0.357. The Bertz CT molecular complexity index is 832. The molecule has 0 aliphatic rings. The molecule has 2 rings (SSSR count). The number of hydrogen-bond acceptors (Lipinski definition) is 5. The standard InChI is InChI=1S/C14H15ClFN3O4/c1-8(2)23-12-5-11(10(16)4-9(12)15)19-14(21)18(7-22-3)13(20)6-17-19/h4-6,8H,7H2,1-3H3. The molecule has 7 nitrogen and oxygen atoms in total. The van der Waals surface area contributed by atoms with Crippen molar-refractivity contribution in [1.82, 2.24) is 14.3 Å². The fourth-order valence-electron chi connectivity index (χ4n) is 1.87. The first-order valence-electron chi connectivity index (χ1n) is 6.69. The van der Waals surface area contributed by atoms with Gasteiger partial charge in [-0.2, -0.15) is 9.78 Å². The largest absolute Gasteiger partial charge is 0.489 e. The molecule has 0 radical (unpaired) electrons. The lowest BCUT2D eigenvalue weighted by Gasteiger charge is -2.14. The third kappa shape index (κ3) is 3.59. The average molecular weight is 344 g/mol. The second-order valence-electron chi connectivity index (χ2n) is 4.92. The van der Waals surface area contributed by atoms with E-state index in [4.69, 9.17) is 21.1 Å². The zero-order chi connectivity index (χ0) is 17.1. The molecule has 23 heavy (non-hydrogen) atoms. The molecule has 0 saturated heterocycles. The maximum Gasteiger partial charge on any atom is 0.354 e. The van der Waals surface area contributed by atoms with Crippen LogP contribution in [-0.4, -0.2) is 27.6 Å². The molecule has 1 aromatic heterocycles. The van der Waals surface area contributed by atoms with E-state index >= 15 is 0 Å². The van der Waals surface area contributed by atoms with Gasteiger partial charge in [0.2, 0.25) is 0 Å². The summed E-state index contributed by atoms with van der Waals surface area (Å²) in [5.74, 6) is -0.570. The molecular formula is C14H15ClFN3O4. The first-order chi connectivity index (χ1) is 10.8. The summed E-state index contributed by atoms with van der Waals surface area (Å²) < 4.78 is 26.0. The first-order valence-corrected chi connectivity index (χ1v) is 7.07. The van der Waals surface area contributed by atoms with Crippen LogP contribution in [0.1, 0.15) is 13.8 Å². The van der Waals surface area contributed by atoms with E-state index < -0.39 is 17.1 Å². The summed E-state index contributed by atoms with van der Waals surface area (Å²) >= 11 is 5.93. The molecule has 1 heterocycles. The maximum absolute atomic E-state index is 14.2. The molecule has 0 bridgehead atoms. The topological polar surface area (TPSA) is 75.3 Å². The summed E-state index contributed by atoms with van der Waals surface area (Å²) in [6.45, 7) is 3.29. The van der Waals surface area contributed by atoms with Gasteiger partial charge in [0.05, 0.1) is 11.1 Å². The Morgan fingerprint density at radius 2 is 2.04 bits per heavy atom. The summed E-state index contributed by atoms with van der Waals surface area (Å²) in [6, 6.07) is 2.28. The van der Waals surface area contributed by atoms with Crippen molar-refractivity contribution < 1.29 is 13.9 Å². The van der Waals surface area contributed by atoms with Crippen LogP contribution in [-0.2, 0) is 11.5 Å². The van der Waals surface area contributed by atoms with Crippen molar-refractivity contribution in [2.75, 3.05) is 7.11 Å². The van der Waals surface area contributed by atoms with Crippen LogP contribution in [0.25, 0.3) is 5.69 Å². The third-order valence-corrected chi connectivity index (χ3v) is 3.11. The quantitative estimate of drug-likeness (QED) is 0.824. The van der Waals surface area contributed by atoms with E-state index in [1.807, 2.05) is 0 Å². The van der Waals surface area contributed by atoms with Crippen LogP contribution < -0.4 is 16.0 Å². The number of hydrogen-bond donors (Lipinski definition) is 0. The lowest BCUT2D eigenvalue weighted by Crippen LogP contribution is -2.40. The lowest BCUT2D eigenvalue weighted by molar-refractivity contribution is 0.122. The Kier molecular flexibility index (Phi) is 5.17. The monoisotopic (exact) mass is 343 g/mol. The molecule has 2 aromatic rings. The maximum atomic E-state index is 14.2. The Hall–Kier alpha value is -2.19. The number of rotatable bonds is 5. The lowest BCUT2D eigenvalue weighted by atomic mass is 10.3. The number of halogens is 2. The predicted octanol–water partition coefficient (Wildman–Crippen LogP) is 1.58. The molecule has 124 valence electrons. The van der Waals surface area contributed by atoms with Crippen LogP contribution in [0.2, 0.25) is 5.02 Å². The Morgan fingerprint density at radius 3 is 2.65 bits per heavy atom. The summed E-state index contributed by atoms with van der Waals surface area (Å²) in [6.07, 6.45) is 0.704. The molecule has 0 unspecified atom stereocenters. The van der Waals surface area contributed by atoms with Gasteiger partial charge in [0, 0.05) is 13.2 Å². The molecule has 0 fully saturated rings. The Labute approximate surface area is 135 Å². The number of nitrogens with zero attached hydrogens (tertiary/aromatic N) is 3. The zero-order valence-corrected chi connectivity index (χ0v) is 13.5. The Morgan fingerprint density at radius 1 is 1.35 bits per heavy atom. The van der Waals surface area contributed by atoms with Crippen LogP contribution in [0.3, 0.4) is 0 Å². The first kappa shape index (κ1) is 17.2. The van der Waals surface area contributed by atoms with Gasteiger partial charge >= 0.3 is 5.69 Å². The minimum Gasteiger partial charge on any atom is -0.489 e. The molecule has 0 spiro atoms. The highest BCUT2D eigenvalue weighted by Crippen LogP contribution is 2.29. The Balaban J connectivity index is 2.65. The highest BCUT2D eigenvalue weighted by atomic mass is 35.5. The van der Waals surface area contributed by atoms with Crippen molar-refractivity contribution in [3.63, 3.8) is 0 Å². The molecule has 0 saturated carbocycles. The SMILES string of the molecule is COCn1c(=O)cnn(-c2cc(OC(C)C)c(Cl)cc2F)c1=O. The predicted molar refractivity (Wildman–Crippen MR) is 81.8 cm³/mol. The van der Waals surface area contributed by atoms with Crippen LogP contribution in [0, 0.1) is 5.82 Å². The normalized spacial score (nSPS) is 11.0. The number of aromatic nitrogens is 3. The average Bonchev–Trinajstić information content (AvgIpc) is 2.47. The van der Waals surface area contributed by atoms with Gasteiger partial charge < -0.3 is 9.47 Å². The summed E-state index contributed by atoms with van der Waals surface area (Å²) in [7, 11) is 1.33. The number of methoxy groups -OCH3 is 1. The molecule has 0 aliphatic heterocycles. The van der Waals surface area contributed by atoms with E-state index in [2.05, 4.69) is 5.10 Å². The number of benzene rings is 1. The van der Waals surface area contributed by atoms with Crippen LogP contribution in [0.5, 0.6) is 5.75 Å². The van der Waals surface area contributed by atoms with E-state index in [-0.39, 0.29) is 29.3 Å². The van der Waals surface area contributed by atoms with Crippen LogP contribution in [0.4, 0.5) is 4.39 Å². The van der Waals surface area contributed by atoms with Gasteiger partial charge in [-0.05, 0) is 19.9 Å². The van der Waals surface area contributed by atoms with Gasteiger partial charge in [-0.25, -0.2) is 13.8 Å². The van der Waals surface area contributed by atoms with Crippen molar-refractivity contribution in [2.45, 2.75) is 26.7 Å². The second-order valence-corrected chi connectivity index (χ2v) is 5.33. The minimum absolute atomic E-state index is 0.0678. The highest BCUT2D eigenvalue weighted by molar-refractivity contribution is 6.32. The fourth-order valence-corrected chi connectivity index (χ4v) is 2.07. The van der Waals surface area contributed by atoms with E-state index in [9.17, 15) is 14.0 Å². The van der Waals surface area contributed by atoms with Gasteiger partial charge in [-0.3, -0.25) is 4.79 Å². The van der Waals surface area contributed by atoms with E-state index in [1.54, 1.807) is 13.8 Å². The van der Waals surface area contributed by atoms with Gasteiger partial charge in [0.15, 0.2) is 5.82 Å². The molecule has 0 atom stereocenters. The molecular weight excluding hydrogens is 329 g/mol. The molecule has 9 heteroatoms. The second kappa shape index (κ2) is 6.93. The van der Waals surface area contributed by atoms with Crippen LogP contribution >= 0.6 is 11.6 Å².